The first kappa shape index (κ1) is 96.1. The Hall–Kier alpha value is -11.7. The molecule has 21 N–H and O–H groups in total. The van der Waals surface area contributed by atoms with Gasteiger partial charge in [-0.2, -0.15) is 0 Å². The van der Waals surface area contributed by atoms with E-state index in [-0.39, 0.29) is 99.9 Å². The summed E-state index contributed by atoms with van der Waals surface area (Å²) in [6.45, 7) is 1.82. The predicted molar refractivity (Wildman–Crippen MR) is 440 cm³/mol. The Morgan fingerprint density at radius 2 is 1.02 bits per heavy atom. The van der Waals surface area contributed by atoms with Crippen LogP contribution < -0.4 is 79.4 Å². The highest BCUT2D eigenvalue weighted by atomic mass is 16.5. The monoisotopic (exact) mass is 1650 g/mol. The number of hydrogen-bond donors (Lipinski definition) is 18. The van der Waals surface area contributed by atoms with E-state index in [9.17, 15) is 78.6 Å². The van der Waals surface area contributed by atoms with E-state index in [4.69, 9.17) is 36.8 Å². The molecular formula is C85H114N12O22. The highest BCUT2D eigenvalue weighted by molar-refractivity contribution is 6.00. The van der Waals surface area contributed by atoms with Crippen molar-refractivity contribution < 1.29 is 102 Å². The minimum Gasteiger partial charge on any atom is -0.508 e. The van der Waals surface area contributed by atoms with Gasteiger partial charge in [0.25, 0.3) is 0 Å². The lowest BCUT2D eigenvalue weighted by Gasteiger charge is -2.26. The fraction of sp³-hybridized carbons (Fsp3) is 0.482. The maximum absolute atomic E-state index is 15.2. The predicted octanol–water partition coefficient (Wildman–Crippen LogP) is 2.39. The number of phenolic OH excluding ortho intramolecular Hbond substituents is 2. The first-order valence-electron chi connectivity index (χ1n) is 39.6. The van der Waals surface area contributed by atoms with Gasteiger partial charge in [0.2, 0.25) is 46.6 Å². The molecule has 0 heterocycles. The molecule has 6 rings (SSSR count). The molecule has 0 aromatic heterocycles. The average Bonchev–Trinajstić information content (AvgIpc) is 1.66. The SMILES string of the molecule is COc1cc2c(c(OC)c1OC)-c1ccc(NC(=O)[C@@H](CC(=O)[C@H](CC(C)C)NC(=O)[C@@H](CC(=O)[C@H](CCc3ccccc3)NC(=O)CCC(=O)[C@H](CCCNC(N)=O)NC(=O)[C@H](CO)CC(=O)[C@H](CCCNC(=N)N)NC(=O)[C@@H](CO)CC(=O)[C@@H](CO)NC(=O)[C@H](N)CO)Cc3ccc(O)cc3)Cc3ccc(O)cc3)c(=O)cc1[C@@H](C)CC2. The zero-order valence-corrected chi connectivity index (χ0v) is 68.0. The number of aromatic hydroxyl groups is 2. The van der Waals surface area contributed by atoms with Gasteiger partial charge in [-0.25, -0.2) is 4.79 Å². The molecule has 1 aliphatic carbocycles. The van der Waals surface area contributed by atoms with Gasteiger partial charge in [0, 0.05) is 69.0 Å². The summed E-state index contributed by atoms with van der Waals surface area (Å²) < 4.78 is 17.4. The molecule has 34 heteroatoms. The highest BCUT2D eigenvalue weighted by Crippen LogP contribution is 2.50. The molecule has 0 aliphatic heterocycles. The number of aryl methyl sites for hydroxylation is 2. The lowest BCUT2D eigenvalue weighted by Crippen LogP contribution is -2.52. The molecule has 0 spiro atoms. The molecule has 34 nitrogen and oxygen atoms in total. The Morgan fingerprint density at radius 1 is 0.521 bits per heavy atom. The number of methoxy groups -OCH3 is 3. The topological polar surface area (TPSA) is 569 Å². The molecule has 119 heavy (non-hydrogen) atoms. The van der Waals surface area contributed by atoms with E-state index in [1.54, 1.807) is 60.7 Å². The standard InChI is InChI=1S/C85H114N12O22/c1-47(2)34-66(71(107)38-54(36-51-19-25-58(103)26-20-51)79(111)95-65-29-27-59-60(42-73(65)109)48(3)16-22-52-41-74(117-4)77(118-5)78(119-6)76(52)59)96-80(112)53(35-50-17-23-57(102)24-18-50)37-69(105)64(28-21-49-12-8-7-9-13-49)92-75(110)31-30-68(104)62(14-11-33-91-85(89)116)93-81(113)55(43-98)39-70(106)63(15-10-32-90-84(87)88)94-82(114)56(44-99)40-72(108)67(46-101)97-83(115)61(86)45-100/h7-9,12-13,17-20,23-27,29,41-42,47-48,53-56,61-64,66-67,98-103H,10-11,14-16,21-22,28,30-40,43-46,86H2,1-6H3,(H,92,110)(H,93,113)(H,94,114)(H,96,112)(H,97,115)(H4,87,88,90)(H3,89,91,116)(H,95,109,111)/t48-,53+,54+,55-,56+,61+,62-,63-,64-,66-,67+/m0/s1. The summed E-state index contributed by atoms with van der Waals surface area (Å²) in [5.74, 6) is -14.5. The fourth-order valence-electron chi connectivity index (χ4n) is 14.0. The number of anilines is 1. The number of fused-ring (bicyclic) bond motifs is 3. The second-order valence-corrected chi connectivity index (χ2v) is 30.2. The molecule has 0 fully saturated rings. The maximum atomic E-state index is 15.2. The molecule has 0 bridgehead atoms. The number of Topliss-reactive ketones (excluding diaryl/α,β-unsaturated/α-hetero) is 5. The number of guanidine groups is 1. The second-order valence-electron chi connectivity index (χ2n) is 30.2. The van der Waals surface area contributed by atoms with Crippen molar-refractivity contribution in [2.45, 2.75) is 172 Å². The van der Waals surface area contributed by atoms with Crippen LogP contribution in [0.15, 0.2) is 108 Å². The van der Waals surface area contributed by atoms with Crippen molar-refractivity contribution in [1.29, 1.82) is 5.41 Å². The van der Waals surface area contributed by atoms with Gasteiger partial charge in [0.05, 0.1) is 89.4 Å². The first-order chi connectivity index (χ1) is 56.7. The number of nitrogens with one attached hydrogen (secondary N) is 9. The van der Waals surface area contributed by atoms with Crippen molar-refractivity contribution >= 4 is 82.0 Å². The van der Waals surface area contributed by atoms with Crippen LogP contribution in [-0.2, 0) is 78.4 Å². The Labute approximate surface area is 690 Å². The zero-order valence-electron chi connectivity index (χ0n) is 68.0. The summed E-state index contributed by atoms with van der Waals surface area (Å²) in [6, 6.07) is 17.9. The molecule has 0 radical (unpaired) electrons. The molecule has 5 aromatic carbocycles. The summed E-state index contributed by atoms with van der Waals surface area (Å²) >= 11 is 0. The first-order valence-corrected chi connectivity index (χ1v) is 39.6. The van der Waals surface area contributed by atoms with Crippen LogP contribution in [0.2, 0.25) is 0 Å². The molecule has 0 unspecified atom stereocenters. The summed E-state index contributed by atoms with van der Waals surface area (Å²) in [5.41, 5.74) is 20.4. The lowest BCUT2D eigenvalue weighted by atomic mass is 9.87. The number of hydrogen-bond acceptors (Lipinski definition) is 24. The van der Waals surface area contributed by atoms with Crippen LogP contribution in [0.1, 0.15) is 138 Å². The Morgan fingerprint density at radius 3 is 1.53 bits per heavy atom. The van der Waals surface area contributed by atoms with Gasteiger partial charge in [-0.15, -0.1) is 0 Å². The van der Waals surface area contributed by atoms with Crippen LogP contribution in [0.4, 0.5) is 10.5 Å². The molecule has 5 aromatic rings. The normalized spacial score (nSPS) is 14.7. The summed E-state index contributed by atoms with van der Waals surface area (Å²) in [6.07, 6.45) is -2.75. The van der Waals surface area contributed by atoms with Gasteiger partial charge in [-0.3, -0.25) is 62.9 Å². The number of rotatable bonds is 51. The second kappa shape index (κ2) is 48.2. The Bertz CT molecular complexity index is 4400. The van der Waals surface area contributed by atoms with Crippen LogP contribution in [0.25, 0.3) is 11.1 Å². The number of urea groups is 1. The molecular weight excluding hydrogens is 1540 g/mol. The molecule has 0 saturated heterocycles. The van der Waals surface area contributed by atoms with E-state index in [1.165, 1.54) is 57.7 Å². The summed E-state index contributed by atoms with van der Waals surface area (Å²) in [4.78, 5) is 183. The quantitative estimate of drug-likeness (QED) is 0.0151. The van der Waals surface area contributed by atoms with Crippen LogP contribution in [-0.4, -0.2) is 204 Å². The zero-order chi connectivity index (χ0) is 87.6. The number of phenols is 2. The number of ketones is 5. The molecule has 1 aliphatic rings. The highest BCUT2D eigenvalue weighted by Gasteiger charge is 2.37. The molecule has 646 valence electrons. The number of nitrogens with two attached hydrogens (primary N) is 3. The van der Waals surface area contributed by atoms with Gasteiger partial charge < -0.3 is 105 Å². The van der Waals surface area contributed by atoms with Gasteiger partial charge in [0.1, 0.15) is 23.6 Å². The lowest BCUT2D eigenvalue weighted by molar-refractivity contribution is -0.137. The fourth-order valence-corrected chi connectivity index (χ4v) is 14.0. The van der Waals surface area contributed by atoms with Crippen LogP contribution in [0.3, 0.4) is 0 Å². The van der Waals surface area contributed by atoms with Crippen molar-refractivity contribution in [2.75, 3.05) is 66.2 Å². The number of ether oxygens (including phenoxy) is 3. The third-order valence-electron chi connectivity index (χ3n) is 20.7. The van der Waals surface area contributed by atoms with Crippen LogP contribution in [0, 0.1) is 35.0 Å². The minimum atomic E-state index is -1.61. The van der Waals surface area contributed by atoms with Crippen molar-refractivity contribution in [1.82, 2.24) is 37.2 Å². The number of aliphatic hydroxyl groups is 4. The number of amides is 8. The number of primary amides is 1. The van der Waals surface area contributed by atoms with Crippen LogP contribution in [0.5, 0.6) is 28.7 Å². The number of carbonyl (C=O) groups excluding carboxylic acids is 12. The van der Waals surface area contributed by atoms with Crippen molar-refractivity contribution in [3.05, 3.63) is 141 Å². The van der Waals surface area contributed by atoms with Crippen LogP contribution >= 0.6 is 0 Å². The number of carbonyl (C=O) groups is 12. The number of benzene rings is 4. The van der Waals surface area contributed by atoms with Crippen molar-refractivity contribution in [3.63, 3.8) is 0 Å². The van der Waals surface area contributed by atoms with Gasteiger partial charge in [-0.1, -0.05) is 81.4 Å². The summed E-state index contributed by atoms with van der Waals surface area (Å²) in [7, 11) is 4.51. The van der Waals surface area contributed by atoms with Gasteiger partial charge >= 0.3 is 6.03 Å². The molecule has 0 saturated carbocycles. The summed E-state index contributed by atoms with van der Waals surface area (Å²) in [5, 5.41) is 88.6. The molecule has 11 atom stereocenters. The third-order valence-corrected chi connectivity index (χ3v) is 20.7. The van der Waals surface area contributed by atoms with Crippen molar-refractivity contribution in [2.24, 2.45) is 46.8 Å². The van der Waals surface area contributed by atoms with E-state index < -0.39 is 207 Å². The number of aliphatic hydroxyl groups excluding tert-OH is 4. The Kier molecular flexibility index (Phi) is 39.0. The van der Waals surface area contributed by atoms with Gasteiger partial charge in [-0.05, 0) is 158 Å². The van der Waals surface area contributed by atoms with E-state index in [1.807, 2.05) is 26.8 Å². The van der Waals surface area contributed by atoms with Crippen molar-refractivity contribution in [3.8, 4) is 39.9 Å². The van der Waals surface area contributed by atoms with E-state index in [2.05, 4.69) is 42.5 Å². The minimum absolute atomic E-state index is 0.00522. The Balaban J connectivity index is 1.23. The average molecular weight is 1660 g/mol. The maximum Gasteiger partial charge on any atom is 0.312 e. The van der Waals surface area contributed by atoms with E-state index >= 15 is 14.4 Å². The molecule has 8 amide bonds. The smallest absolute Gasteiger partial charge is 0.312 e. The third kappa shape index (κ3) is 30.0. The van der Waals surface area contributed by atoms with Gasteiger partial charge in [0.15, 0.2) is 46.4 Å². The largest absolute Gasteiger partial charge is 0.508 e. The van der Waals surface area contributed by atoms with E-state index in [0.29, 0.717) is 57.9 Å². The van der Waals surface area contributed by atoms with E-state index in [0.717, 1.165) is 11.1 Å².